The summed E-state index contributed by atoms with van der Waals surface area (Å²) < 4.78 is 31.8. The number of aliphatic hydroxyl groups is 1. The Morgan fingerprint density at radius 3 is 1.75 bits per heavy atom. The molecule has 36 heavy (non-hydrogen) atoms. The smallest absolute Gasteiger partial charge is 0.189 e. The summed E-state index contributed by atoms with van der Waals surface area (Å²) in [5.41, 5.74) is 2.15. The lowest BCUT2D eigenvalue weighted by Crippen LogP contribution is -2.67. The van der Waals surface area contributed by atoms with Crippen LogP contribution in [0.3, 0.4) is 0 Å². The first-order chi connectivity index (χ1) is 17.6. The Labute approximate surface area is 213 Å². The van der Waals surface area contributed by atoms with Crippen LogP contribution < -0.4 is 0 Å². The summed E-state index contributed by atoms with van der Waals surface area (Å²) in [7, 11) is 1.60. The van der Waals surface area contributed by atoms with E-state index in [0.29, 0.717) is 26.2 Å². The van der Waals surface area contributed by atoms with Crippen LogP contribution in [0.4, 0.5) is 0 Å². The fourth-order valence-corrected chi connectivity index (χ4v) is 4.62. The summed E-state index contributed by atoms with van der Waals surface area (Å²) in [6.07, 6.45) is -1.78. The second-order valence-corrected chi connectivity index (χ2v) is 9.19. The first-order valence-corrected chi connectivity index (χ1v) is 12.4. The molecule has 0 bridgehead atoms. The fourth-order valence-electron chi connectivity index (χ4n) is 4.62. The molecule has 1 aliphatic heterocycles. The molecule has 4 rings (SSSR count). The van der Waals surface area contributed by atoms with E-state index >= 15 is 0 Å². The highest BCUT2D eigenvalue weighted by molar-refractivity contribution is 5.16. The summed E-state index contributed by atoms with van der Waals surface area (Å²) in [6, 6.07) is 30.0. The van der Waals surface area contributed by atoms with Crippen molar-refractivity contribution in [2.75, 3.05) is 13.7 Å². The second kappa shape index (κ2) is 13.1. The molecule has 0 radical (unpaired) electrons. The minimum atomic E-state index is -0.979. The average molecular weight is 493 g/mol. The molecule has 3 aromatic rings. The van der Waals surface area contributed by atoms with Crippen LogP contribution in [0, 0.1) is 0 Å². The molecule has 5 unspecified atom stereocenters. The van der Waals surface area contributed by atoms with Crippen LogP contribution in [-0.2, 0) is 43.5 Å². The van der Waals surface area contributed by atoms with Gasteiger partial charge in [-0.25, -0.2) is 0 Å². The molecular weight excluding hydrogens is 456 g/mol. The van der Waals surface area contributed by atoms with Crippen LogP contribution in [0.2, 0.25) is 0 Å². The van der Waals surface area contributed by atoms with Crippen molar-refractivity contribution in [3.63, 3.8) is 0 Å². The van der Waals surface area contributed by atoms with E-state index in [0.717, 1.165) is 16.7 Å². The molecule has 6 heteroatoms. The molecule has 1 fully saturated rings. The standard InChI is InChI=1S/C30H36O6/c1-30(35-22-25-16-10-5-11-17-25)28(34-21-24-14-8-4-9-15-24)27(26(18-19-31)36-29(30)32-2)33-20-23-12-6-3-7-13-23/h3-17,26-29,31H,18-22H2,1-2H3. The van der Waals surface area contributed by atoms with Crippen molar-refractivity contribution < 1.29 is 28.8 Å². The van der Waals surface area contributed by atoms with Gasteiger partial charge in [0.25, 0.3) is 0 Å². The number of hydrogen-bond donors (Lipinski definition) is 1. The van der Waals surface area contributed by atoms with Crippen LogP contribution in [0.5, 0.6) is 0 Å². The summed E-state index contributed by atoms with van der Waals surface area (Å²) in [4.78, 5) is 0. The molecule has 0 aromatic heterocycles. The summed E-state index contributed by atoms with van der Waals surface area (Å²) in [5, 5.41) is 9.81. The van der Waals surface area contributed by atoms with Crippen molar-refractivity contribution in [2.24, 2.45) is 0 Å². The van der Waals surface area contributed by atoms with E-state index in [1.54, 1.807) is 7.11 Å². The van der Waals surface area contributed by atoms with Gasteiger partial charge in [-0.3, -0.25) is 0 Å². The van der Waals surface area contributed by atoms with Crippen molar-refractivity contribution >= 4 is 0 Å². The Bertz CT molecular complexity index is 1020. The molecule has 0 amide bonds. The van der Waals surface area contributed by atoms with E-state index < -0.39 is 30.2 Å². The van der Waals surface area contributed by atoms with Crippen LogP contribution in [0.1, 0.15) is 30.0 Å². The number of aliphatic hydroxyl groups excluding tert-OH is 1. The SMILES string of the molecule is COC1OC(CCO)C(OCc2ccccc2)C(OCc2ccccc2)C1(C)OCc1ccccc1. The fraction of sp³-hybridized carbons (Fsp3) is 0.400. The van der Waals surface area contributed by atoms with Crippen LogP contribution >= 0.6 is 0 Å². The van der Waals surface area contributed by atoms with Crippen LogP contribution in [-0.4, -0.2) is 49.0 Å². The molecule has 6 nitrogen and oxygen atoms in total. The second-order valence-electron chi connectivity index (χ2n) is 9.19. The molecule has 1 saturated heterocycles. The molecule has 192 valence electrons. The molecule has 1 aliphatic rings. The van der Waals surface area contributed by atoms with Gasteiger partial charge in [-0.2, -0.15) is 0 Å². The highest BCUT2D eigenvalue weighted by Gasteiger charge is 2.56. The quantitative estimate of drug-likeness (QED) is 0.389. The Balaban J connectivity index is 1.63. The third-order valence-electron chi connectivity index (χ3n) is 6.57. The van der Waals surface area contributed by atoms with Gasteiger partial charge in [0.15, 0.2) is 6.29 Å². The van der Waals surface area contributed by atoms with Crippen molar-refractivity contribution in [3.8, 4) is 0 Å². The van der Waals surface area contributed by atoms with E-state index in [2.05, 4.69) is 0 Å². The van der Waals surface area contributed by atoms with Gasteiger partial charge in [-0.1, -0.05) is 91.0 Å². The Kier molecular flexibility index (Phi) is 9.64. The maximum absolute atomic E-state index is 9.81. The molecule has 5 atom stereocenters. The topological polar surface area (TPSA) is 66.4 Å². The Morgan fingerprint density at radius 2 is 1.25 bits per heavy atom. The van der Waals surface area contributed by atoms with Gasteiger partial charge >= 0.3 is 0 Å². The van der Waals surface area contributed by atoms with Gasteiger partial charge in [-0.05, 0) is 30.0 Å². The molecule has 0 saturated carbocycles. The van der Waals surface area contributed by atoms with Crippen LogP contribution in [0.15, 0.2) is 91.0 Å². The normalized spacial score (nSPS) is 26.1. The van der Waals surface area contributed by atoms with Gasteiger partial charge in [0.05, 0.1) is 25.9 Å². The van der Waals surface area contributed by atoms with E-state index in [-0.39, 0.29) is 6.61 Å². The number of benzene rings is 3. The van der Waals surface area contributed by atoms with E-state index in [4.69, 9.17) is 23.7 Å². The lowest BCUT2D eigenvalue weighted by atomic mass is 9.86. The van der Waals surface area contributed by atoms with Gasteiger partial charge < -0.3 is 28.8 Å². The molecule has 0 aliphatic carbocycles. The van der Waals surface area contributed by atoms with Gasteiger partial charge in [0, 0.05) is 13.7 Å². The predicted molar refractivity (Wildman–Crippen MR) is 137 cm³/mol. The van der Waals surface area contributed by atoms with E-state index in [9.17, 15) is 5.11 Å². The molecule has 3 aromatic carbocycles. The van der Waals surface area contributed by atoms with Gasteiger partial charge in [-0.15, -0.1) is 0 Å². The first kappa shape index (κ1) is 26.5. The third kappa shape index (κ3) is 6.59. The van der Waals surface area contributed by atoms with Crippen molar-refractivity contribution in [3.05, 3.63) is 108 Å². The molecule has 1 N–H and O–H groups in total. The summed E-state index contributed by atoms with van der Waals surface area (Å²) in [6.45, 7) is 3.03. The molecule has 0 spiro atoms. The number of rotatable bonds is 12. The van der Waals surface area contributed by atoms with E-state index in [1.165, 1.54) is 0 Å². The maximum Gasteiger partial charge on any atom is 0.189 e. The first-order valence-electron chi connectivity index (χ1n) is 12.4. The largest absolute Gasteiger partial charge is 0.396 e. The zero-order chi connectivity index (χ0) is 25.2. The number of ether oxygens (including phenoxy) is 5. The van der Waals surface area contributed by atoms with Crippen molar-refractivity contribution in [2.45, 2.75) is 63.4 Å². The Hall–Kier alpha value is -2.58. The number of methoxy groups -OCH3 is 1. The lowest BCUT2D eigenvalue weighted by molar-refractivity contribution is -0.355. The maximum atomic E-state index is 9.81. The lowest BCUT2D eigenvalue weighted by Gasteiger charge is -2.51. The summed E-state index contributed by atoms with van der Waals surface area (Å²) in [5.74, 6) is 0. The molecular formula is C30H36O6. The summed E-state index contributed by atoms with van der Waals surface area (Å²) >= 11 is 0. The van der Waals surface area contributed by atoms with Crippen molar-refractivity contribution in [1.82, 2.24) is 0 Å². The minimum absolute atomic E-state index is 0.0424. The predicted octanol–water partition coefficient (Wildman–Crippen LogP) is 4.89. The molecule has 1 heterocycles. The minimum Gasteiger partial charge on any atom is -0.396 e. The Morgan fingerprint density at radius 1 is 0.750 bits per heavy atom. The number of hydrogen-bond acceptors (Lipinski definition) is 6. The average Bonchev–Trinajstić information content (AvgIpc) is 2.93. The van der Waals surface area contributed by atoms with Gasteiger partial charge in [0.1, 0.15) is 17.8 Å². The monoisotopic (exact) mass is 492 g/mol. The van der Waals surface area contributed by atoms with Gasteiger partial charge in [0.2, 0.25) is 0 Å². The van der Waals surface area contributed by atoms with Crippen molar-refractivity contribution in [1.29, 1.82) is 0 Å². The zero-order valence-electron chi connectivity index (χ0n) is 21.0. The third-order valence-corrected chi connectivity index (χ3v) is 6.57. The highest BCUT2D eigenvalue weighted by Crippen LogP contribution is 2.39. The van der Waals surface area contributed by atoms with E-state index in [1.807, 2.05) is 97.9 Å². The zero-order valence-corrected chi connectivity index (χ0v) is 21.0. The highest BCUT2D eigenvalue weighted by atomic mass is 16.7. The van der Waals surface area contributed by atoms with Crippen LogP contribution in [0.25, 0.3) is 0 Å².